The maximum Gasteiger partial charge on any atom is 0.428 e. The molecule has 0 radical (unpaired) electrons. The molecule has 318 valence electrons. The van der Waals surface area contributed by atoms with Gasteiger partial charge in [0, 0.05) is 23.3 Å². The van der Waals surface area contributed by atoms with E-state index in [9.17, 15) is 40.6 Å². The van der Waals surface area contributed by atoms with Crippen molar-refractivity contribution in [3.63, 3.8) is 0 Å². The summed E-state index contributed by atoms with van der Waals surface area (Å²) in [7, 11) is 0. The second-order valence-electron chi connectivity index (χ2n) is 12.8. The maximum atomic E-state index is 14.2. The number of nitrogens with one attached hydrogen (secondary N) is 1. The molecule has 6 aromatic heterocycles. The first kappa shape index (κ1) is 42.6. The highest BCUT2D eigenvalue weighted by Gasteiger charge is 2.58. The molecule has 24 heteroatoms. The topological polar surface area (TPSA) is 215 Å². The van der Waals surface area contributed by atoms with E-state index in [1.54, 1.807) is 30.3 Å². The number of nitrogens with two attached hydrogens (primary N) is 1. The van der Waals surface area contributed by atoms with Crippen molar-refractivity contribution >= 4 is 23.3 Å². The Labute approximate surface area is 347 Å². The zero-order chi connectivity index (χ0) is 44.2. The number of carbonyl (C=O) groups is 1. The van der Waals surface area contributed by atoms with E-state index < -0.39 is 47.5 Å². The number of halogens is 8. The number of amides is 1. The molecule has 0 aliphatic carbocycles. The van der Waals surface area contributed by atoms with E-state index in [1.165, 1.54) is 64.6 Å². The molecule has 1 unspecified atom stereocenters. The number of alkyl halides is 3. The molecular weight excluding hydrogens is 857 g/mol. The van der Waals surface area contributed by atoms with Gasteiger partial charge in [-0.1, -0.05) is 48.0 Å². The number of aliphatic hydroxyl groups is 1. The Morgan fingerprint density at radius 3 is 1.65 bits per heavy atom. The van der Waals surface area contributed by atoms with Crippen molar-refractivity contribution in [1.82, 2.24) is 49.5 Å². The van der Waals surface area contributed by atoms with Gasteiger partial charge in [-0.25, -0.2) is 47.5 Å². The quantitative estimate of drug-likeness (QED) is 0.0886. The van der Waals surface area contributed by atoms with Gasteiger partial charge in [-0.3, -0.25) is 14.2 Å². The Kier molecular flexibility index (Phi) is 12.1. The molecule has 62 heavy (non-hydrogen) atoms. The summed E-state index contributed by atoms with van der Waals surface area (Å²) in [6.07, 6.45) is 1.75. The summed E-state index contributed by atoms with van der Waals surface area (Å²) in [5, 5.41) is 20.0. The van der Waals surface area contributed by atoms with Crippen molar-refractivity contribution in [1.29, 1.82) is 0 Å². The van der Waals surface area contributed by atoms with E-state index in [4.69, 9.17) is 26.2 Å². The van der Waals surface area contributed by atoms with Crippen molar-refractivity contribution in [3.05, 3.63) is 138 Å². The number of hydrogen-bond acceptors (Lipinski definition) is 13. The summed E-state index contributed by atoms with van der Waals surface area (Å²) in [4.78, 5) is 34.7. The second-order valence-corrected chi connectivity index (χ2v) is 13.2. The SMILES string of the molecule is Fc1ccccc1Cn1nc(-c2ncc(F)c(Cl)n2)cc1-c1ncco1.NC(=O)C(O)(CNc1nc(-c2cc(-c3ncco3)n(Cc3ccccc3F)n2)ncc1F)C(F)(F)F. The van der Waals surface area contributed by atoms with E-state index in [0.29, 0.717) is 29.0 Å². The predicted molar refractivity (Wildman–Crippen MR) is 202 cm³/mol. The molecule has 4 N–H and O–H groups in total. The number of rotatable bonds is 12. The summed E-state index contributed by atoms with van der Waals surface area (Å²) in [5.41, 5.74) is 2.55. The Bertz CT molecular complexity index is 2840. The first-order valence-electron chi connectivity index (χ1n) is 17.6. The Hall–Kier alpha value is -7.53. The van der Waals surface area contributed by atoms with Gasteiger partial charge in [0.1, 0.15) is 46.9 Å². The fourth-order valence-electron chi connectivity index (χ4n) is 5.54. The molecule has 1 amide bonds. The predicted octanol–water partition coefficient (Wildman–Crippen LogP) is 6.49. The molecule has 8 rings (SSSR count). The molecule has 0 bridgehead atoms. The minimum absolute atomic E-state index is 0.0172. The van der Waals surface area contributed by atoms with Gasteiger partial charge in [0.15, 0.2) is 34.3 Å². The normalized spacial score (nSPS) is 12.4. The third kappa shape index (κ3) is 9.12. The molecular formula is C38H26ClF7N12O4. The van der Waals surface area contributed by atoms with Gasteiger partial charge in [-0.2, -0.15) is 23.4 Å². The lowest BCUT2D eigenvalue weighted by atomic mass is 10.0. The number of aromatic nitrogens is 10. The molecule has 1 atom stereocenters. The highest BCUT2D eigenvalue weighted by Crippen LogP contribution is 2.32. The van der Waals surface area contributed by atoms with Crippen LogP contribution in [0.2, 0.25) is 5.15 Å². The van der Waals surface area contributed by atoms with Gasteiger partial charge < -0.3 is 25.0 Å². The monoisotopic (exact) mass is 882 g/mol. The lowest BCUT2D eigenvalue weighted by molar-refractivity contribution is -0.245. The van der Waals surface area contributed by atoms with Crippen LogP contribution in [-0.2, 0) is 17.9 Å². The van der Waals surface area contributed by atoms with Gasteiger partial charge in [-0.15, -0.1) is 0 Å². The standard InChI is InChI=1S/C21H16F5N7O3.C17H10ClF2N5O/c22-12-4-2-1-3-11(12)9-33-15(18-28-5-6-36-18)7-14(32-33)17-29-8-13(23)16(31-17)30-10-20(35,19(27)34)21(24,25)26;18-15-12(20)8-22-16(23-15)13-7-14(17-21-5-6-26-17)25(24-13)9-10-3-1-2-4-11(10)19/h1-8,35H,9-10H2,(H2,27,34)(H,29,30,31);1-8H,9H2. The van der Waals surface area contributed by atoms with Crippen LogP contribution >= 0.6 is 11.6 Å². The molecule has 16 nitrogen and oxygen atoms in total. The Morgan fingerprint density at radius 1 is 0.726 bits per heavy atom. The van der Waals surface area contributed by atoms with Gasteiger partial charge in [-0.05, 0) is 12.1 Å². The number of oxazole rings is 2. The maximum absolute atomic E-state index is 14.2. The molecule has 8 aromatic rings. The lowest BCUT2D eigenvalue weighted by Crippen LogP contribution is -2.59. The van der Waals surface area contributed by atoms with Crippen molar-refractivity contribution in [3.8, 4) is 46.2 Å². The van der Waals surface area contributed by atoms with E-state index in [0.717, 1.165) is 6.20 Å². The smallest absolute Gasteiger partial charge is 0.428 e. The minimum atomic E-state index is -5.44. The zero-order valence-electron chi connectivity index (χ0n) is 31.1. The average molecular weight is 883 g/mol. The summed E-state index contributed by atoms with van der Waals surface area (Å²) in [6, 6.07) is 15.3. The van der Waals surface area contributed by atoms with E-state index in [1.807, 2.05) is 5.32 Å². The largest absolute Gasteiger partial charge is 0.443 e. The van der Waals surface area contributed by atoms with Crippen LogP contribution < -0.4 is 11.1 Å². The zero-order valence-corrected chi connectivity index (χ0v) is 31.9. The lowest BCUT2D eigenvalue weighted by Gasteiger charge is -2.27. The van der Waals surface area contributed by atoms with Crippen molar-refractivity contribution in [2.45, 2.75) is 24.9 Å². The summed E-state index contributed by atoms with van der Waals surface area (Å²) >= 11 is 5.72. The van der Waals surface area contributed by atoms with Crippen molar-refractivity contribution < 1.29 is 49.5 Å². The van der Waals surface area contributed by atoms with E-state index >= 15 is 0 Å². The summed E-state index contributed by atoms with van der Waals surface area (Å²) < 4.78 is 109. The van der Waals surface area contributed by atoms with Crippen LogP contribution in [0.3, 0.4) is 0 Å². The van der Waals surface area contributed by atoms with Crippen molar-refractivity contribution in [2.75, 3.05) is 11.9 Å². The number of hydrogen-bond donors (Lipinski definition) is 3. The van der Waals surface area contributed by atoms with Crippen LogP contribution in [0.25, 0.3) is 46.2 Å². The highest BCUT2D eigenvalue weighted by molar-refractivity contribution is 6.29. The number of anilines is 1. The molecule has 6 heterocycles. The third-order valence-corrected chi connectivity index (χ3v) is 8.98. The first-order valence-corrected chi connectivity index (χ1v) is 18.0. The van der Waals surface area contributed by atoms with Crippen LogP contribution in [0.15, 0.2) is 107 Å². The molecule has 0 aliphatic heterocycles. The molecule has 2 aromatic carbocycles. The number of carbonyl (C=O) groups excluding carboxylic acids is 1. The van der Waals surface area contributed by atoms with E-state index in [2.05, 4.69) is 40.1 Å². The second kappa shape index (κ2) is 17.6. The minimum Gasteiger partial charge on any atom is -0.443 e. The molecule has 0 aliphatic rings. The van der Waals surface area contributed by atoms with Gasteiger partial charge in [0.25, 0.3) is 11.5 Å². The number of primary amides is 1. The molecule has 0 fully saturated rings. The van der Waals surface area contributed by atoms with Gasteiger partial charge in [0.05, 0.1) is 44.4 Å². The summed E-state index contributed by atoms with van der Waals surface area (Å²) in [5.74, 6) is -5.29. The summed E-state index contributed by atoms with van der Waals surface area (Å²) in [6.45, 7) is -1.43. The number of nitrogens with zero attached hydrogens (tertiary/aromatic N) is 10. The van der Waals surface area contributed by atoms with Crippen LogP contribution in [0.1, 0.15) is 11.1 Å². The average Bonchev–Trinajstić information content (AvgIpc) is 4.08. The van der Waals surface area contributed by atoms with E-state index in [-0.39, 0.29) is 58.6 Å². The van der Waals surface area contributed by atoms with Crippen molar-refractivity contribution in [2.24, 2.45) is 5.73 Å². The fraction of sp³-hybridized carbons (Fsp3) is 0.132. The van der Waals surface area contributed by atoms with Gasteiger partial charge in [0.2, 0.25) is 11.8 Å². The Morgan fingerprint density at radius 2 is 1.21 bits per heavy atom. The molecule has 0 saturated heterocycles. The Balaban J connectivity index is 0.000000196. The van der Waals surface area contributed by atoms with Crippen LogP contribution in [-0.4, -0.2) is 78.8 Å². The first-order chi connectivity index (χ1) is 29.6. The molecule has 0 spiro atoms. The van der Waals surface area contributed by atoms with Crippen LogP contribution in [0.5, 0.6) is 0 Å². The van der Waals surface area contributed by atoms with Gasteiger partial charge >= 0.3 is 6.18 Å². The fourth-order valence-corrected chi connectivity index (χ4v) is 5.67. The highest BCUT2D eigenvalue weighted by atomic mass is 35.5. The third-order valence-electron chi connectivity index (χ3n) is 8.71. The van der Waals surface area contributed by atoms with Crippen LogP contribution in [0, 0.1) is 23.3 Å². The van der Waals surface area contributed by atoms with Crippen LogP contribution in [0.4, 0.5) is 36.6 Å². The number of benzene rings is 2. The molecule has 0 saturated carbocycles.